The van der Waals surface area contributed by atoms with Gasteiger partial charge < -0.3 is 9.47 Å². The molecular weight excluding hydrogens is 276 g/mol. The molecular formula is C11H11BrO4. The molecule has 86 valence electrons. The number of benzene rings is 1. The van der Waals surface area contributed by atoms with Crippen molar-refractivity contribution in [3.8, 4) is 5.75 Å². The number of ether oxygens (including phenoxy) is 2. The van der Waals surface area contributed by atoms with Crippen LogP contribution in [0.25, 0.3) is 0 Å². The highest BCUT2D eigenvalue weighted by Gasteiger charge is 2.11. The second-order valence-corrected chi connectivity index (χ2v) is 3.60. The Morgan fingerprint density at radius 2 is 2.06 bits per heavy atom. The van der Waals surface area contributed by atoms with Gasteiger partial charge in [-0.15, -0.1) is 0 Å². The summed E-state index contributed by atoms with van der Waals surface area (Å²) in [5, 5.41) is 0.487. The average Bonchev–Trinajstić information content (AvgIpc) is 2.27. The molecule has 0 spiro atoms. The predicted molar refractivity (Wildman–Crippen MR) is 61.7 cm³/mol. The molecule has 4 nitrogen and oxygen atoms in total. The molecule has 0 N–H and O–H groups in total. The summed E-state index contributed by atoms with van der Waals surface area (Å²) in [7, 11) is 1.32. The van der Waals surface area contributed by atoms with Crippen molar-refractivity contribution in [1.82, 2.24) is 0 Å². The average molecular weight is 287 g/mol. The smallest absolute Gasteiger partial charge is 0.337 e. The molecule has 5 heteroatoms. The van der Waals surface area contributed by atoms with Crippen molar-refractivity contribution in [1.29, 1.82) is 0 Å². The lowest BCUT2D eigenvalue weighted by molar-refractivity contribution is -0.131. The van der Waals surface area contributed by atoms with E-state index >= 15 is 0 Å². The third kappa shape index (κ3) is 3.06. The third-order valence-electron chi connectivity index (χ3n) is 1.88. The number of carbonyl (C=O) groups excluding carboxylic acids is 2. The molecule has 1 aromatic carbocycles. The number of alkyl halides is 1. The number of hydrogen-bond acceptors (Lipinski definition) is 4. The zero-order chi connectivity index (χ0) is 12.1. The maximum Gasteiger partial charge on any atom is 0.337 e. The minimum Gasteiger partial charge on any atom is -0.465 e. The van der Waals surface area contributed by atoms with Gasteiger partial charge in [0.2, 0.25) is 0 Å². The molecule has 0 fully saturated rings. The van der Waals surface area contributed by atoms with Crippen LogP contribution in [0.3, 0.4) is 0 Å². The molecule has 0 atom stereocenters. The molecule has 0 bridgehead atoms. The van der Waals surface area contributed by atoms with Gasteiger partial charge >= 0.3 is 11.9 Å². The van der Waals surface area contributed by atoms with Crippen LogP contribution in [-0.4, -0.2) is 19.0 Å². The summed E-state index contributed by atoms with van der Waals surface area (Å²) in [6, 6.07) is 4.75. The standard InChI is InChI=1S/C11H11BrO4/c1-7(13)16-10-4-3-8(11(14)15-2)5-9(10)6-12/h3-5H,6H2,1-2H3. The van der Waals surface area contributed by atoms with Crippen molar-refractivity contribution in [2.75, 3.05) is 7.11 Å². The normalized spacial score (nSPS) is 9.69. The Morgan fingerprint density at radius 1 is 1.38 bits per heavy atom. The first-order chi connectivity index (χ1) is 7.58. The van der Waals surface area contributed by atoms with E-state index < -0.39 is 11.9 Å². The monoisotopic (exact) mass is 286 g/mol. The van der Waals surface area contributed by atoms with Crippen LogP contribution < -0.4 is 4.74 Å². The SMILES string of the molecule is COC(=O)c1ccc(OC(C)=O)c(CBr)c1. The lowest BCUT2D eigenvalue weighted by atomic mass is 10.1. The molecule has 1 aromatic rings. The highest BCUT2D eigenvalue weighted by molar-refractivity contribution is 9.08. The molecule has 0 aliphatic heterocycles. The van der Waals surface area contributed by atoms with Crippen molar-refractivity contribution in [2.45, 2.75) is 12.3 Å². The van der Waals surface area contributed by atoms with Crippen LogP contribution in [-0.2, 0) is 14.9 Å². The van der Waals surface area contributed by atoms with Gasteiger partial charge in [0, 0.05) is 17.8 Å². The fraction of sp³-hybridized carbons (Fsp3) is 0.273. The Hall–Kier alpha value is -1.36. The van der Waals surface area contributed by atoms with Gasteiger partial charge in [0.25, 0.3) is 0 Å². The van der Waals surface area contributed by atoms with Crippen LogP contribution in [0.2, 0.25) is 0 Å². The number of esters is 2. The Kier molecular flexibility index (Phi) is 4.49. The van der Waals surface area contributed by atoms with Gasteiger partial charge in [-0.25, -0.2) is 4.79 Å². The van der Waals surface area contributed by atoms with E-state index in [1.165, 1.54) is 14.0 Å². The first kappa shape index (κ1) is 12.7. The Labute approximate surface area is 102 Å². The quantitative estimate of drug-likeness (QED) is 0.486. The Balaban J connectivity index is 3.06. The molecule has 0 aromatic heterocycles. The van der Waals surface area contributed by atoms with Gasteiger partial charge in [-0.05, 0) is 18.2 Å². The molecule has 16 heavy (non-hydrogen) atoms. The van der Waals surface area contributed by atoms with Crippen LogP contribution >= 0.6 is 15.9 Å². The van der Waals surface area contributed by atoms with Crippen LogP contribution in [0.15, 0.2) is 18.2 Å². The zero-order valence-corrected chi connectivity index (χ0v) is 10.5. The van der Waals surface area contributed by atoms with E-state index in [-0.39, 0.29) is 0 Å². The summed E-state index contributed by atoms with van der Waals surface area (Å²) in [4.78, 5) is 22.1. The number of halogens is 1. The molecule has 0 radical (unpaired) electrons. The van der Waals surface area contributed by atoms with E-state index in [4.69, 9.17) is 4.74 Å². The van der Waals surface area contributed by atoms with Gasteiger partial charge in [-0.3, -0.25) is 4.79 Å². The minimum absolute atomic E-state index is 0.395. The van der Waals surface area contributed by atoms with Crippen molar-refractivity contribution in [3.63, 3.8) is 0 Å². The third-order valence-corrected chi connectivity index (χ3v) is 2.48. The second-order valence-electron chi connectivity index (χ2n) is 3.04. The number of methoxy groups -OCH3 is 1. The van der Waals surface area contributed by atoms with Crippen molar-refractivity contribution >= 4 is 27.9 Å². The van der Waals surface area contributed by atoms with Gasteiger partial charge in [-0.1, -0.05) is 15.9 Å². The van der Waals surface area contributed by atoms with Gasteiger partial charge in [0.1, 0.15) is 5.75 Å². The summed E-state index contributed by atoms with van der Waals surface area (Å²) in [5.74, 6) is -0.373. The highest BCUT2D eigenvalue weighted by Crippen LogP contribution is 2.23. The summed E-state index contributed by atoms with van der Waals surface area (Å²) >= 11 is 3.26. The maximum absolute atomic E-state index is 11.3. The van der Waals surface area contributed by atoms with Crippen LogP contribution in [0, 0.1) is 0 Å². The predicted octanol–water partition coefficient (Wildman–Crippen LogP) is 2.29. The fourth-order valence-electron chi connectivity index (χ4n) is 1.18. The first-order valence-electron chi connectivity index (χ1n) is 4.54. The molecule has 0 heterocycles. The minimum atomic E-state index is -0.420. The topological polar surface area (TPSA) is 52.6 Å². The van der Waals surface area contributed by atoms with Crippen molar-refractivity contribution < 1.29 is 19.1 Å². The van der Waals surface area contributed by atoms with Gasteiger partial charge in [0.05, 0.1) is 12.7 Å². The van der Waals surface area contributed by atoms with Crippen LogP contribution in [0.5, 0.6) is 5.75 Å². The number of rotatable bonds is 3. The fourth-order valence-corrected chi connectivity index (χ4v) is 1.62. The zero-order valence-electron chi connectivity index (χ0n) is 8.95. The molecule has 0 saturated carbocycles. The van der Waals surface area contributed by atoms with Crippen LogP contribution in [0.4, 0.5) is 0 Å². The highest BCUT2D eigenvalue weighted by atomic mass is 79.9. The van der Waals surface area contributed by atoms with E-state index in [0.717, 1.165) is 5.56 Å². The summed E-state index contributed by atoms with van der Waals surface area (Å²) < 4.78 is 9.58. The van der Waals surface area contributed by atoms with E-state index in [0.29, 0.717) is 16.6 Å². The molecule has 0 amide bonds. The summed E-state index contributed by atoms with van der Waals surface area (Å²) in [6.07, 6.45) is 0. The lowest BCUT2D eigenvalue weighted by Crippen LogP contribution is -2.06. The lowest BCUT2D eigenvalue weighted by Gasteiger charge is -2.08. The molecule has 1 rings (SSSR count). The summed E-state index contributed by atoms with van der Waals surface area (Å²) in [6.45, 7) is 1.33. The van der Waals surface area contributed by atoms with E-state index in [1.54, 1.807) is 18.2 Å². The number of carbonyl (C=O) groups is 2. The Morgan fingerprint density at radius 3 is 2.56 bits per heavy atom. The van der Waals surface area contributed by atoms with Crippen LogP contribution in [0.1, 0.15) is 22.8 Å². The molecule has 0 unspecified atom stereocenters. The molecule has 0 aliphatic rings. The largest absolute Gasteiger partial charge is 0.465 e. The van der Waals surface area contributed by atoms with E-state index in [1.807, 2.05) is 0 Å². The molecule has 0 aliphatic carbocycles. The van der Waals surface area contributed by atoms with Crippen molar-refractivity contribution in [2.24, 2.45) is 0 Å². The van der Waals surface area contributed by atoms with Crippen molar-refractivity contribution in [3.05, 3.63) is 29.3 Å². The van der Waals surface area contributed by atoms with E-state index in [2.05, 4.69) is 20.7 Å². The van der Waals surface area contributed by atoms with Gasteiger partial charge in [0.15, 0.2) is 0 Å². The second kappa shape index (κ2) is 5.65. The first-order valence-corrected chi connectivity index (χ1v) is 5.66. The van der Waals surface area contributed by atoms with Gasteiger partial charge in [-0.2, -0.15) is 0 Å². The molecule has 0 saturated heterocycles. The maximum atomic E-state index is 11.3. The number of hydrogen-bond donors (Lipinski definition) is 0. The Bertz CT molecular complexity index is 414. The van der Waals surface area contributed by atoms with E-state index in [9.17, 15) is 9.59 Å². The summed E-state index contributed by atoms with van der Waals surface area (Å²) in [5.41, 5.74) is 1.14.